The van der Waals surface area contributed by atoms with Gasteiger partial charge in [0, 0.05) is 6.54 Å². The van der Waals surface area contributed by atoms with Gasteiger partial charge in [-0.2, -0.15) is 0 Å². The summed E-state index contributed by atoms with van der Waals surface area (Å²) >= 11 is 0. The van der Waals surface area contributed by atoms with E-state index in [-0.39, 0.29) is 12.3 Å². The number of nitrogens with zero attached hydrogens (tertiary/aromatic N) is 1. The molecule has 1 aromatic carbocycles. The maximum absolute atomic E-state index is 12.2. The molecule has 0 aliphatic rings. The number of hydrogen-bond donors (Lipinski definition) is 1. The van der Waals surface area contributed by atoms with E-state index < -0.39 is 17.9 Å². The predicted octanol–water partition coefficient (Wildman–Crippen LogP) is 3.27. The van der Waals surface area contributed by atoms with Crippen LogP contribution in [0.15, 0.2) is 24.3 Å². The van der Waals surface area contributed by atoms with Gasteiger partial charge in [-0.1, -0.05) is 19.1 Å². The molecule has 0 unspecified atom stereocenters. The van der Waals surface area contributed by atoms with Gasteiger partial charge in [-0.05, 0) is 38.1 Å². The second-order valence-corrected chi connectivity index (χ2v) is 5.07. The van der Waals surface area contributed by atoms with E-state index in [1.165, 1.54) is 18.2 Å². The number of aliphatic carboxylic acids is 1. The highest BCUT2D eigenvalue weighted by atomic mass is 19.4. The summed E-state index contributed by atoms with van der Waals surface area (Å²) in [5.74, 6) is -1.31. The largest absolute Gasteiger partial charge is 0.573 e. The quantitative estimate of drug-likeness (QED) is 0.876. The van der Waals surface area contributed by atoms with Gasteiger partial charge in [0.25, 0.3) is 0 Å². The molecule has 0 saturated carbocycles. The molecule has 7 heteroatoms. The van der Waals surface area contributed by atoms with Gasteiger partial charge < -0.3 is 9.84 Å². The van der Waals surface area contributed by atoms with Crippen molar-refractivity contribution in [2.75, 3.05) is 6.54 Å². The number of rotatable bonds is 6. The molecule has 0 heterocycles. The van der Waals surface area contributed by atoms with E-state index in [1.54, 1.807) is 31.7 Å². The van der Waals surface area contributed by atoms with Crippen molar-refractivity contribution in [2.45, 2.75) is 39.2 Å². The van der Waals surface area contributed by atoms with Crippen molar-refractivity contribution in [1.29, 1.82) is 0 Å². The van der Waals surface area contributed by atoms with E-state index in [0.717, 1.165) is 0 Å². The molecule has 118 valence electrons. The molecule has 1 aromatic rings. The summed E-state index contributed by atoms with van der Waals surface area (Å²) in [5.41, 5.74) is -0.566. The van der Waals surface area contributed by atoms with Gasteiger partial charge >= 0.3 is 12.3 Å². The van der Waals surface area contributed by atoms with Crippen LogP contribution in [0.25, 0.3) is 0 Å². The smallest absolute Gasteiger partial charge is 0.480 e. The minimum Gasteiger partial charge on any atom is -0.480 e. The normalized spacial score (nSPS) is 12.5. The number of alkyl halides is 3. The summed E-state index contributed by atoms with van der Waals surface area (Å²) in [7, 11) is 0. The fraction of sp³-hybridized carbons (Fsp3) is 0.500. The zero-order valence-electron chi connectivity index (χ0n) is 12.1. The maximum Gasteiger partial charge on any atom is 0.573 e. The van der Waals surface area contributed by atoms with Crippen LogP contribution in [0.3, 0.4) is 0 Å². The highest BCUT2D eigenvalue weighted by Crippen LogP contribution is 2.25. The molecule has 21 heavy (non-hydrogen) atoms. The van der Waals surface area contributed by atoms with Crippen LogP contribution in [0.5, 0.6) is 5.75 Å². The second kappa shape index (κ2) is 6.34. The van der Waals surface area contributed by atoms with Crippen LogP contribution < -0.4 is 4.74 Å². The fourth-order valence-corrected chi connectivity index (χ4v) is 1.90. The van der Waals surface area contributed by atoms with Crippen LogP contribution in [0.4, 0.5) is 13.2 Å². The molecule has 0 aromatic heterocycles. The average molecular weight is 305 g/mol. The molecule has 0 radical (unpaired) electrons. The molecule has 0 bridgehead atoms. The van der Waals surface area contributed by atoms with Gasteiger partial charge in [0.15, 0.2) is 0 Å². The predicted molar refractivity (Wildman–Crippen MR) is 70.9 cm³/mol. The summed E-state index contributed by atoms with van der Waals surface area (Å²) < 4.78 is 40.4. The van der Waals surface area contributed by atoms with Gasteiger partial charge in [-0.25, -0.2) is 0 Å². The number of carboxylic acids is 1. The molecule has 0 saturated heterocycles. The number of benzene rings is 1. The number of hydrogen-bond acceptors (Lipinski definition) is 3. The SMILES string of the molecule is CCN(Cc1cccc(OC(F)(F)F)c1)C(C)(C)C(=O)O. The van der Waals surface area contributed by atoms with Crippen molar-refractivity contribution in [2.24, 2.45) is 0 Å². The van der Waals surface area contributed by atoms with Crippen molar-refractivity contribution in [3.63, 3.8) is 0 Å². The van der Waals surface area contributed by atoms with Crippen LogP contribution in [0.1, 0.15) is 26.3 Å². The third-order valence-electron chi connectivity index (χ3n) is 3.20. The van der Waals surface area contributed by atoms with Crippen molar-refractivity contribution in [3.05, 3.63) is 29.8 Å². The van der Waals surface area contributed by atoms with Gasteiger partial charge in [-0.15, -0.1) is 13.2 Å². The minimum atomic E-state index is -4.75. The Kier molecular flexibility index (Phi) is 5.22. The zero-order chi connectivity index (χ0) is 16.3. The monoisotopic (exact) mass is 305 g/mol. The first-order valence-corrected chi connectivity index (χ1v) is 6.39. The Hall–Kier alpha value is -1.76. The maximum atomic E-state index is 12.2. The Bertz CT molecular complexity index is 500. The number of carbonyl (C=O) groups is 1. The van der Waals surface area contributed by atoms with Crippen LogP contribution >= 0.6 is 0 Å². The third kappa shape index (κ3) is 4.93. The van der Waals surface area contributed by atoms with Gasteiger partial charge in [-0.3, -0.25) is 9.69 Å². The van der Waals surface area contributed by atoms with Crippen molar-refractivity contribution in [3.8, 4) is 5.75 Å². The third-order valence-corrected chi connectivity index (χ3v) is 3.20. The van der Waals surface area contributed by atoms with E-state index in [0.29, 0.717) is 12.1 Å². The lowest BCUT2D eigenvalue weighted by Crippen LogP contribution is -2.49. The second-order valence-electron chi connectivity index (χ2n) is 5.07. The Balaban J connectivity index is 2.91. The molecule has 0 fully saturated rings. The minimum absolute atomic E-state index is 0.213. The van der Waals surface area contributed by atoms with Gasteiger partial charge in [0.1, 0.15) is 11.3 Å². The molecule has 0 atom stereocenters. The zero-order valence-corrected chi connectivity index (χ0v) is 12.1. The van der Waals surface area contributed by atoms with Crippen LogP contribution in [-0.4, -0.2) is 34.4 Å². The fourth-order valence-electron chi connectivity index (χ4n) is 1.90. The molecule has 1 rings (SSSR count). The summed E-state index contributed by atoms with van der Waals surface area (Å²) in [6.45, 7) is 5.55. The number of ether oxygens (including phenoxy) is 1. The van der Waals surface area contributed by atoms with E-state index in [4.69, 9.17) is 0 Å². The van der Waals surface area contributed by atoms with E-state index in [1.807, 2.05) is 0 Å². The Labute approximate surface area is 121 Å². The summed E-state index contributed by atoms with van der Waals surface area (Å²) in [6.07, 6.45) is -4.75. The lowest BCUT2D eigenvalue weighted by molar-refractivity contribution is -0.274. The highest BCUT2D eigenvalue weighted by Gasteiger charge is 2.34. The van der Waals surface area contributed by atoms with E-state index in [2.05, 4.69) is 4.74 Å². The van der Waals surface area contributed by atoms with Crippen molar-refractivity contribution < 1.29 is 27.8 Å². The van der Waals surface area contributed by atoms with Crippen LogP contribution in [-0.2, 0) is 11.3 Å². The van der Waals surface area contributed by atoms with E-state index >= 15 is 0 Å². The van der Waals surface area contributed by atoms with Gasteiger partial charge in [0.05, 0.1) is 0 Å². The lowest BCUT2D eigenvalue weighted by atomic mass is 10.0. The summed E-state index contributed by atoms with van der Waals surface area (Å²) in [4.78, 5) is 12.9. The topological polar surface area (TPSA) is 49.8 Å². The Morgan fingerprint density at radius 2 is 1.95 bits per heavy atom. The molecular weight excluding hydrogens is 287 g/mol. The van der Waals surface area contributed by atoms with Crippen molar-refractivity contribution >= 4 is 5.97 Å². The molecule has 0 aliphatic heterocycles. The number of likely N-dealkylation sites (N-methyl/N-ethyl adjacent to an activating group) is 1. The average Bonchev–Trinajstić information content (AvgIpc) is 2.33. The molecular formula is C14H18F3NO3. The molecule has 1 N–H and O–H groups in total. The summed E-state index contributed by atoms with van der Waals surface area (Å²) in [5, 5.41) is 9.21. The highest BCUT2D eigenvalue weighted by molar-refractivity contribution is 5.77. The number of halogens is 3. The molecule has 0 amide bonds. The Morgan fingerprint density at radius 1 is 1.33 bits per heavy atom. The van der Waals surface area contributed by atoms with Crippen LogP contribution in [0, 0.1) is 0 Å². The van der Waals surface area contributed by atoms with E-state index in [9.17, 15) is 23.1 Å². The summed E-state index contributed by atoms with van der Waals surface area (Å²) in [6, 6.07) is 5.53. The first-order valence-electron chi connectivity index (χ1n) is 6.39. The first kappa shape index (κ1) is 17.3. The molecule has 4 nitrogen and oxygen atoms in total. The first-order chi connectivity index (χ1) is 9.56. The molecule has 0 aliphatic carbocycles. The number of carboxylic acid groups (broad SMARTS) is 1. The lowest BCUT2D eigenvalue weighted by Gasteiger charge is -2.34. The van der Waals surface area contributed by atoms with Crippen LogP contribution in [0.2, 0.25) is 0 Å². The standard InChI is InChI=1S/C14H18F3NO3/c1-4-18(13(2,3)12(19)20)9-10-6-5-7-11(8-10)21-14(15,16)17/h5-8H,4,9H2,1-3H3,(H,19,20). The van der Waals surface area contributed by atoms with Crippen molar-refractivity contribution in [1.82, 2.24) is 4.90 Å². The van der Waals surface area contributed by atoms with Gasteiger partial charge in [0.2, 0.25) is 0 Å². The molecule has 0 spiro atoms. The Morgan fingerprint density at radius 3 is 2.43 bits per heavy atom.